The molecule has 5 rings (SSSR count). The van der Waals surface area contributed by atoms with E-state index in [9.17, 15) is 0 Å². The Balaban J connectivity index is 1.59. The quantitative estimate of drug-likeness (QED) is 0.564. The van der Waals surface area contributed by atoms with Crippen molar-refractivity contribution in [3.63, 3.8) is 0 Å². The van der Waals surface area contributed by atoms with Gasteiger partial charge in [0.2, 0.25) is 12.7 Å². The van der Waals surface area contributed by atoms with Gasteiger partial charge in [-0.05, 0) is 18.2 Å². The molecular weight excluding hydrogens is 362 g/mol. The zero-order chi connectivity index (χ0) is 15.4. The first-order chi connectivity index (χ1) is 11.3. The van der Waals surface area contributed by atoms with Crippen LogP contribution in [-0.2, 0) is 0 Å². The lowest BCUT2D eigenvalue weighted by Crippen LogP contribution is -1.93. The van der Waals surface area contributed by atoms with Gasteiger partial charge in [0.25, 0.3) is 5.78 Å². The molecule has 0 radical (unpaired) electrons. The van der Waals surface area contributed by atoms with Crippen molar-refractivity contribution in [3.05, 3.63) is 40.9 Å². The number of anilines is 2. The summed E-state index contributed by atoms with van der Waals surface area (Å²) in [5.41, 5.74) is 2.62. The molecule has 0 atom stereocenters. The molecule has 2 aromatic carbocycles. The molecule has 7 nitrogen and oxygen atoms in total. The lowest BCUT2D eigenvalue weighted by Gasteiger charge is -2.02. The van der Waals surface area contributed by atoms with Crippen molar-refractivity contribution in [1.82, 2.24) is 19.6 Å². The average Bonchev–Trinajstić information content (AvgIpc) is 3.19. The van der Waals surface area contributed by atoms with Gasteiger partial charge in [0.15, 0.2) is 11.5 Å². The summed E-state index contributed by atoms with van der Waals surface area (Å²) in [4.78, 5) is 8.97. The number of benzene rings is 2. The molecule has 2 aromatic heterocycles. The highest BCUT2D eigenvalue weighted by Gasteiger charge is 2.18. The van der Waals surface area contributed by atoms with Crippen LogP contribution in [0.2, 0.25) is 0 Å². The number of ether oxygens (including phenoxy) is 2. The molecule has 0 bridgehead atoms. The van der Waals surface area contributed by atoms with Gasteiger partial charge in [-0.2, -0.15) is 4.98 Å². The maximum Gasteiger partial charge on any atom is 0.253 e. The summed E-state index contributed by atoms with van der Waals surface area (Å²) in [7, 11) is 0. The summed E-state index contributed by atoms with van der Waals surface area (Å²) in [6.07, 6.45) is 0. The third-order valence-corrected chi connectivity index (χ3v) is 4.14. The van der Waals surface area contributed by atoms with Crippen molar-refractivity contribution in [1.29, 1.82) is 0 Å². The lowest BCUT2D eigenvalue weighted by molar-refractivity contribution is 0.174. The number of hydrogen-bond acceptors (Lipinski definition) is 5. The second-order valence-electron chi connectivity index (χ2n) is 5.15. The predicted molar refractivity (Wildman–Crippen MR) is 88.4 cm³/mol. The molecule has 23 heavy (non-hydrogen) atoms. The van der Waals surface area contributed by atoms with Gasteiger partial charge in [-0.15, -0.1) is 0 Å². The molecule has 114 valence electrons. The average molecular weight is 372 g/mol. The van der Waals surface area contributed by atoms with Crippen molar-refractivity contribution >= 4 is 44.4 Å². The van der Waals surface area contributed by atoms with Crippen LogP contribution in [0.1, 0.15) is 0 Å². The van der Waals surface area contributed by atoms with Crippen LogP contribution in [0, 0.1) is 0 Å². The van der Waals surface area contributed by atoms with Crippen LogP contribution in [0.5, 0.6) is 11.5 Å². The highest BCUT2D eigenvalue weighted by molar-refractivity contribution is 9.10. The Hall–Kier alpha value is -2.74. The SMILES string of the molecule is Brc1cccc(Nc2nc3nc4cc5c(cc4n3[nH]2)OCO5)c1. The van der Waals surface area contributed by atoms with Gasteiger partial charge >= 0.3 is 0 Å². The van der Waals surface area contributed by atoms with E-state index in [0.717, 1.165) is 26.9 Å². The van der Waals surface area contributed by atoms with Gasteiger partial charge in [0, 0.05) is 22.3 Å². The van der Waals surface area contributed by atoms with Crippen LogP contribution in [0.25, 0.3) is 16.8 Å². The first-order valence-electron chi connectivity index (χ1n) is 6.97. The Morgan fingerprint density at radius 3 is 2.87 bits per heavy atom. The van der Waals surface area contributed by atoms with Crippen LogP contribution in [-0.4, -0.2) is 26.4 Å². The Bertz CT molecular complexity index is 1050. The molecule has 0 unspecified atom stereocenters. The first-order valence-corrected chi connectivity index (χ1v) is 7.76. The number of nitrogens with zero attached hydrogens (tertiary/aromatic N) is 3. The molecule has 4 aromatic rings. The summed E-state index contributed by atoms with van der Waals surface area (Å²) < 4.78 is 13.6. The van der Waals surface area contributed by atoms with Crippen molar-refractivity contribution in [3.8, 4) is 11.5 Å². The minimum absolute atomic E-state index is 0.244. The van der Waals surface area contributed by atoms with Crippen LogP contribution < -0.4 is 14.8 Å². The minimum atomic E-state index is 0.244. The van der Waals surface area contributed by atoms with Gasteiger partial charge in [-0.1, -0.05) is 22.0 Å². The van der Waals surface area contributed by atoms with Gasteiger partial charge in [0.05, 0.1) is 11.0 Å². The highest BCUT2D eigenvalue weighted by Crippen LogP contribution is 2.36. The number of rotatable bonds is 2. The number of hydrogen-bond donors (Lipinski definition) is 2. The number of halogens is 1. The smallest absolute Gasteiger partial charge is 0.253 e. The van der Waals surface area contributed by atoms with E-state index < -0.39 is 0 Å². The number of H-pyrrole nitrogens is 1. The summed E-state index contributed by atoms with van der Waals surface area (Å²) in [6.45, 7) is 0.244. The van der Waals surface area contributed by atoms with Gasteiger partial charge in [-0.25, -0.2) is 9.50 Å². The minimum Gasteiger partial charge on any atom is -0.454 e. The maximum absolute atomic E-state index is 5.42. The zero-order valence-electron chi connectivity index (χ0n) is 11.7. The van der Waals surface area contributed by atoms with Crippen molar-refractivity contribution < 1.29 is 9.47 Å². The number of imidazole rings is 1. The summed E-state index contributed by atoms with van der Waals surface area (Å²) >= 11 is 3.45. The number of aromatic amines is 1. The second-order valence-corrected chi connectivity index (χ2v) is 6.06. The third kappa shape index (κ3) is 2.02. The fourth-order valence-corrected chi connectivity index (χ4v) is 3.03. The Labute approximate surface area is 138 Å². The van der Waals surface area contributed by atoms with E-state index >= 15 is 0 Å². The van der Waals surface area contributed by atoms with Crippen molar-refractivity contribution in [2.45, 2.75) is 0 Å². The van der Waals surface area contributed by atoms with Crippen molar-refractivity contribution in [2.24, 2.45) is 0 Å². The number of nitrogens with one attached hydrogen (secondary N) is 2. The zero-order valence-corrected chi connectivity index (χ0v) is 13.3. The maximum atomic E-state index is 5.42. The molecule has 1 aliphatic heterocycles. The normalized spacial score (nSPS) is 13.1. The standard InChI is InChI=1S/C15H10BrN5O2/c16-8-2-1-3-9(4-8)17-14-19-15-18-10-5-12-13(23-7-22-12)6-11(10)21(15)20-14/h1-6H,7H2,(H2,17,18,19,20). The van der Waals surface area contributed by atoms with E-state index in [1.54, 1.807) is 0 Å². The molecule has 0 saturated heterocycles. The van der Waals surface area contributed by atoms with Gasteiger partial charge in [0.1, 0.15) is 0 Å². The van der Waals surface area contributed by atoms with Crippen LogP contribution in [0.4, 0.5) is 11.6 Å². The lowest BCUT2D eigenvalue weighted by atomic mass is 10.3. The summed E-state index contributed by atoms with van der Waals surface area (Å²) in [5, 5.41) is 6.42. The predicted octanol–water partition coefficient (Wildman–Crippen LogP) is 3.45. The van der Waals surface area contributed by atoms with E-state index in [2.05, 4.69) is 36.3 Å². The van der Waals surface area contributed by atoms with E-state index in [0.29, 0.717) is 17.5 Å². The molecule has 0 fully saturated rings. The molecule has 2 N–H and O–H groups in total. The fourth-order valence-electron chi connectivity index (χ4n) is 2.63. The molecule has 0 aliphatic carbocycles. The van der Waals surface area contributed by atoms with Gasteiger partial charge < -0.3 is 14.8 Å². The molecule has 0 amide bonds. The molecule has 1 aliphatic rings. The summed E-state index contributed by atoms with van der Waals surface area (Å²) in [6, 6.07) is 11.6. The Morgan fingerprint density at radius 1 is 1.13 bits per heavy atom. The second kappa shape index (κ2) is 4.63. The molecule has 0 saturated carbocycles. The molecular formula is C15H10BrN5O2. The van der Waals surface area contributed by atoms with Crippen LogP contribution in [0.3, 0.4) is 0 Å². The first kappa shape index (κ1) is 12.8. The molecule has 3 heterocycles. The van der Waals surface area contributed by atoms with Crippen LogP contribution in [0.15, 0.2) is 40.9 Å². The number of fused-ring (bicyclic) bond motifs is 4. The largest absolute Gasteiger partial charge is 0.454 e. The Morgan fingerprint density at radius 2 is 2.00 bits per heavy atom. The van der Waals surface area contributed by atoms with Crippen molar-refractivity contribution in [2.75, 3.05) is 12.1 Å². The van der Waals surface area contributed by atoms with E-state index in [1.165, 1.54) is 0 Å². The Kier molecular flexibility index (Phi) is 2.57. The fraction of sp³-hybridized carbons (Fsp3) is 0.0667. The summed E-state index contributed by atoms with van der Waals surface area (Å²) in [5.74, 6) is 2.63. The highest BCUT2D eigenvalue weighted by atomic mass is 79.9. The van der Waals surface area contributed by atoms with Crippen LogP contribution >= 0.6 is 15.9 Å². The van der Waals surface area contributed by atoms with E-state index in [4.69, 9.17) is 9.47 Å². The monoisotopic (exact) mass is 371 g/mol. The van der Waals surface area contributed by atoms with Gasteiger partial charge in [-0.3, -0.25) is 5.10 Å². The molecule has 8 heteroatoms. The topological polar surface area (TPSA) is 76.5 Å². The van der Waals surface area contributed by atoms with E-state index in [1.807, 2.05) is 40.9 Å². The number of aromatic nitrogens is 4. The molecule has 0 spiro atoms. The third-order valence-electron chi connectivity index (χ3n) is 3.65. The van der Waals surface area contributed by atoms with E-state index in [-0.39, 0.29) is 6.79 Å².